The minimum atomic E-state index is 0.0797. The molecule has 2 aliphatic heterocycles. The molecule has 8 heteroatoms. The monoisotopic (exact) mass is 398 g/mol. The van der Waals surface area contributed by atoms with Crippen LogP contribution in [0.25, 0.3) is 0 Å². The van der Waals surface area contributed by atoms with Gasteiger partial charge in [0.05, 0.1) is 19.8 Å². The fraction of sp³-hybridized carbons (Fsp3) is 0.571. The average Bonchev–Trinajstić information content (AvgIpc) is 3.17. The van der Waals surface area contributed by atoms with Gasteiger partial charge in [-0.3, -0.25) is 9.69 Å². The average molecular weight is 399 g/mol. The number of amides is 1. The summed E-state index contributed by atoms with van der Waals surface area (Å²) in [5, 5.41) is 3.15. The lowest BCUT2D eigenvalue weighted by Gasteiger charge is -2.31. The molecule has 0 saturated carbocycles. The summed E-state index contributed by atoms with van der Waals surface area (Å²) in [6.45, 7) is 6.34. The van der Waals surface area contributed by atoms with Gasteiger partial charge in [0.2, 0.25) is 5.91 Å². The minimum Gasteiger partial charge on any atom is -0.378 e. The minimum absolute atomic E-state index is 0.0797. The SMILES string of the molecule is Cn1ccnc1CN1CCC(C(=O)NCc2cccnc2N2CCOCC2)CC1. The molecule has 4 rings (SSSR count). The van der Waals surface area contributed by atoms with Crippen LogP contribution >= 0.6 is 0 Å². The number of carbonyl (C=O) groups is 1. The van der Waals surface area contributed by atoms with Crippen molar-refractivity contribution in [2.45, 2.75) is 25.9 Å². The van der Waals surface area contributed by atoms with Crippen molar-refractivity contribution < 1.29 is 9.53 Å². The summed E-state index contributed by atoms with van der Waals surface area (Å²) in [6.07, 6.45) is 7.39. The molecule has 0 radical (unpaired) electrons. The van der Waals surface area contributed by atoms with Crippen molar-refractivity contribution in [1.82, 2.24) is 24.8 Å². The molecule has 0 bridgehead atoms. The van der Waals surface area contributed by atoms with Gasteiger partial charge in [-0.15, -0.1) is 0 Å². The molecule has 4 heterocycles. The van der Waals surface area contributed by atoms with Crippen LogP contribution in [0.1, 0.15) is 24.2 Å². The highest BCUT2D eigenvalue weighted by atomic mass is 16.5. The highest BCUT2D eigenvalue weighted by Crippen LogP contribution is 2.21. The summed E-state index contributed by atoms with van der Waals surface area (Å²) >= 11 is 0. The zero-order chi connectivity index (χ0) is 20.1. The molecule has 2 aromatic rings. The zero-order valence-electron chi connectivity index (χ0n) is 17.1. The van der Waals surface area contributed by atoms with Crippen molar-refractivity contribution in [1.29, 1.82) is 0 Å². The van der Waals surface area contributed by atoms with Crippen molar-refractivity contribution in [2.24, 2.45) is 13.0 Å². The van der Waals surface area contributed by atoms with Gasteiger partial charge in [0.25, 0.3) is 0 Å². The van der Waals surface area contributed by atoms with Crippen molar-refractivity contribution in [3.8, 4) is 0 Å². The molecule has 1 amide bonds. The molecular formula is C21H30N6O2. The molecule has 0 unspecified atom stereocenters. The number of carbonyl (C=O) groups excluding carboxylic acids is 1. The number of piperidine rings is 1. The fourth-order valence-corrected chi connectivity index (χ4v) is 4.06. The van der Waals surface area contributed by atoms with Gasteiger partial charge >= 0.3 is 0 Å². The number of likely N-dealkylation sites (tertiary alicyclic amines) is 1. The predicted octanol–water partition coefficient (Wildman–Crippen LogP) is 1.18. The number of nitrogens with one attached hydrogen (secondary N) is 1. The van der Waals surface area contributed by atoms with Gasteiger partial charge in [0, 0.05) is 56.8 Å². The van der Waals surface area contributed by atoms with Crippen LogP contribution < -0.4 is 10.2 Å². The molecule has 0 aliphatic carbocycles. The van der Waals surface area contributed by atoms with Gasteiger partial charge in [0.1, 0.15) is 11.6 Å². The van der Waals surface area contributed by atoms with Crippen LogP contribution in [0.2, 0.25) is 0 Å². The Labute approximate surface area is 171 Å². The van der Waals surface area contributed by atoms with Gasteiger partial charge in [-0.25, -0.2) is 9.97 Å². The topological polar surface area (TPSA) is 75.5 Å². The molecule has 1 N–H and O–H groups in total. The number of anilines is 1. The van der Waals surface area contributed by atoms with Gasteiger partial charge in [0.15, 0.2) is 0 Å². The lowest BCUT2D eigenvalue weighted by atomic mass is 9.96. The second-order valence-electron chi connectivity index (χ2n) is 7.81. The Hall–Kier alpha value is -2.45. The number of pyridine rings is 1. The van der Waals surface area contributed by atoms with E-state index >= 15 is 0 Å². The molecule has 29 heavy (non-hydrogen) atoms. The molecule has 2 aromatic heterocycles. The Morgan fingerprint density at radius 2 is 1.97 bits per heavy atom. The maximum atomic E-state index is 12.7. The van der Waals surface area contributed by atoms with Crippen LogP contribution in [0.3, 0.4) is 0 Å². The maximum Gasteiger partial charge on any atom is 0.223 e. The quantitative estimate of drug-likeness (QED) is 0.788. The standard InChI is InChI=1S/C21H30N6O2/c1-25-10-7-22-19(25)16-26-8-4-17(5-9-26)21(28)24-15-18-3-2-6-23-20(18)27-11-13-29-14-12-27/h2-3,6-7,10,17H,4-5,8-9,11-16H2,1H3,(H,24,28). The number of morpholine rings is 1. The Kier molecular flexibility index (Phi) is 6.41. The zero-order valence-corrected chi connectivity index (χ0v) is 17.1. The van der Waals surface area contributed by atoms with Crippen LogP contribution in [0, 0.1) is 5.92 Å². The smallest absolute Gasteiger partial charge is 0.223 e. The number of nitrogens with zero attached hydrogens (tertiary/aromatic N) is 5. The van der Waals surface area contributed by atoms with E-state index in [2.05, 4.69) is 29.7 Å². The van der Waals surface area contributed by atoms with E-state index in [1.54, 1.807) is 0 Å². The predicted molar refractivity (Wildman–Crippen MR) is 110 cm³/mol. The summed E-state index contributed by atoms with van der Waals surface area (Å²) in [5.41, 5.74) is 1.06. The highest BCUT2D eigenvalue weighted by Gasteiger charge is 2.26. The van der Waals surface area contributed by atoms with Crippen molar-refractivity contribution in [2.75, 3.05) is 44.3 Å². The number of ether oxygens (including phenoxy) is 1. The molecule has 0 spiro atoms. The normalized spacial score (nSPS) is 18.7. The fourth-order valence-electron chi connectivity index (χ4n) is 4.06. The lowest BCUT2D eigenvalue weighted by molar-refractivity contribution is -0.126. The Balaban J connectivity index is 1.27. The summed E-state index contributed by atoms with van der Waals surface area (Å²) in [5.74, 6) is 2.26. The lowest BCUT2D eigenvalue weighted by Crippen LogP contribution is -2.41. The highest BCUT2D eigenvalue weighted by molar-refractivity contribution is 5.78. The first-order valence-corrected chi connectivity index (χ1v) is 10.4. The first kappa shape index (κ1) is 19.8. The summed E-state index contributed by atoms with van der Waals surface area (Å²) in [4.78, 5) is 26.3. The molecule has 0 atom stereocenters. The Morgan fingerprint density at radius 3 is 2.69 bits per heavy atom. The number of aryl methyl sites for hydroxylation is 1. The van der Waals surface area contributed by atoms with Gasteiger partial charge in [-0.2, -0.15) is 0 Å². The summed E-state index contributed by atoms with van der Waals surface area (Å²) in [7, 11) is 2.02. The van der Waals surface area contributed by atoms with E-state index in [1.807, 2.05) is 37.8 Å². The van der Waals surface area contributed by atoms with Crippen LogP contribution in [-0.4, -0.2) is 64.7 Å². The van der Waals surface area contributed by atoms with Crippen molar-refractivity contribution in [3.05, 3.63) is 42.1 Å². The van der Waals surface area contributed by atoms with E-state index in [9.17, 15) is 4.79 Å². The number of rotatable bonds is 6. The third kappa shape index (κ3) is 4.94. The molecule has 2 saturated heterocycles. The number of hydrogen-bond donors (Lipinski definition) is 1. The van der Waals surface area contributed by atoms with Gasteiger partial charge in [-0.05, 0) is 32.0 Å². The molecule has 8 nitrogen and oxygen atoms in total. The van der Waals surface area contributed by atoms with Crippen LogP contribution in [0.4, 0.5) is 5.82 Å². The first-order chi connectivity index (χ1) is 14.2. The summed E-state index contributed by atoms with van der Waals surface area (Å²) < 4.78 is 7.49. The van der Waals surface area contributed by atoms with E-state index < -0.39 is 0 Å². The van der Waals surface area contributed by atoms with Gasteiger partial charge in [-0.1, -0.05) is 6.07 Å². The number of hydrogen-bond acceptors (Lipinski definition) is 6. The van der Waals surface area contributed by atoms with Crippen molar-refractivity contribution >= 4 is 11.7 Å². The molecule has 2 aliphatic rings. The van der Waals surface area contributed by atoms with Gasteiger partial charge < -0.3 is 19.5 Å². The number of imidazole rings is 1. The Bertz CT molecular complexity index is 809. The first-order valence-electron chi connectivity index (χ1n) is 10.4. The van der Waals surface area contributed by atoms with Crippen LogP contribution in [0.15, 0.2) is 30.7 Å². The third-order valence-electron chi connectivity index (χ3n) is 5.88. The van der Waals surface area contributed by atoms with E-state index in [-0.39, 0.29) is 11.8 Å². The van der Waals surface area contributed by atoms with Crippen LogP contribution in [0.5, 0.6) is 0 Å². The summed E-state index contributed by atoms with van der Waals surface area (Å²) in [6, 6.07) is 3.98. The molecular weight excluding hydrogens is 368 g/mol. The second kappa shape index (κ2) is 9.37. The van der Waals surface area contributed by atoms with Crippen molar-refractivity contribution in [3.63, 3.8) is 0 Å². The second-order valence-corrected chi connectivity index (χ2v) is 7.81. The van der Waals surface area contributed by atoms with E-state index in [0.717, 1.165) is 76.0 Å². The third-order valence-corrected chi connectivity index (χ3v) is 5.88. The molecule has 156 valence electrons. The van der Waals surface area contributed by atoms with Crippen LogP contribution in [-0.2, 0) is 29.7 Å². The van der Waals surface area contributed by atoms with E-state index in [4.69, 9.17) is 4.74 Å². The largest absolute Gasteiger partial charge is 0.378 e. The van der Waals surface area contributed by atoms with E-state index in [0.29, 0.717) is 6.54 Å². The van der Waals surface area contributed by atoms with E-state index in [1.165, 1.54) is 0 Å². The number of aromatic nitrogens is 3. The molecule has 0 aromatic carbocycles. The molecule has 2 fully saturated rings. The Morgan fingerprint density at radius 1 is 1.17 bits per heavy atom. The maximum absolute atomic E-state index is 12.7.